The molecule has 2 heterocycles. The van der Waals surface area contributed by atoms with Crippen LogP contribution in [0.2, 0.25) is 0 Å². The molecule has 1 aliphatic heterocycles. The lowest BCUT2D eigenvalue weighted by Crippen LogP contribution is -2.30. The first-order valence-electron chi connectivity index (χ1n) is 8.58. The molecule has 0 aliphatic carbocycles. The van der Waals surface area contributed by atoms with E-state index >= 15 is 0 Å². The van der Waals surface area contributed by atoms with Crippen molar-refractivity contribution in [2.75, 3.05) is 20.3 Å². The number of H-pyrrole nitrogens is 1. The van der Waals surface area contributed by atoms with Gasteiger partial charge in [-0.3, -0.25) is 4.79 Å². The normalized spacial score (nSPS) is 16.3. The van der Waals surface area contributed by atoms with Gasteiger partial charge in [-0.15, -0.1) is 0 Å². The molecule has 6 nitrogen and oxygen atoms in total. The van der Waals surface area contributed by atoms with Gasteiger partial charge in [0.25, 0.3) is 5.91 Å². The van der Waals surface area contributed by atoms with Gasteiger partial charge >= 0.3 is 0 Å². The van der Waals surface area contributed by atoms with Gasteiger partial charge in [-0.25, -0.2) is 0 Å². The van der Waals surface area contributed by atoms with Crippen molar-refractivity contribution >= 4 is 16.8 Å². The largest absolute Gasteiger partial charge is 0.497 e. The molecule has 1 aliphatic rings. The van der Waals surface area contributed by atoms with E-state index in [4.69, 9.17) is 15.2 Å². The quantitative estimate of drug-likeness (QED) is 0.658. The molecule has 0 unspecified atom stereocenters. The predicted molar refractivity (Wildman–Crippen MR) is 99.5 cm³/mol. The fourth-order valence-electron chi connectivity index (χ4n) is 3.56. The van der Waals surface area contributed by atoms with Gasteiger partial charge < -0.3 is 25.5 Å². The monoisotopic (exact) mass is 351 g/mol. The predicted octanol–water partition coefficient (Wildman–Crippen LogP) is 2.28. The second kappa shape index (κ2) is 6.72. The summed E-state index contributed by atoms with van der Waals surface area (Å²) in [7, 11) is 1.68. The molecule has 0 fully saturated rings. The number of nitrogens with two attached hydrogens (primary N) is 1. The Hall–Kier alpha value is -2.99. The highest BCUT2D eigenvalue weighted by atomic mass is 16.5. The number of aromatic nitrogens is 1. The van der Waals surface area contributed by atoms with Crippen LogP contribution in [0.15, 0.2) is 42.5 Å². The molecule has 0 saturated heterocycles. The molecule has 4 rings (SSSR count). The fourth-order valence-corrected chi connectivity index (χ4v) is 3.56. The van der Waals surface area contributed by atoms with Crippen LogP contribution >= 0.6 is 0 Å². The average molecular weight is 351 g/mol. The van der Waals surface area contributed by atoms with E-state index in [0.717, 1.165) is 35.5 Å². The van der Waals surface area contributed by atoms with Gasteiger partial charge in [0, 0.05) is 23.1 Å². The highest BCUT2D eigenvalue weighted by molar-refractivity contribution is 5.86. The minimum Gasteiger partial charge on any atom is -0.497 e. The Bertz CT molecular complexity index is 964. The Kier molecular flexibility index (Phi) is 4.26. The van der Waals surface area contributed by atoms with E-state index in [1.165, 1.54) is 10.9 Å². The molecule has 6 heteroatoms. The molecule has 2 aromatic carbocycles. The molecular weight excluding hydrogens is 330 g/mol. The summed E-state index contributed by atoms with van der Waals surface area (Å²) >= 11 is 0. The Morgan fingerprint density at radius 3 is 2.92 bits per heavy atom. The summed E-state index contributed by atoms with van der Waals surface area (Å²) < 4.78 is 10.8. The number of rotatable bonds is 5. The van der Waals surface area contributed by atoms with Crippen molar-refractivity contribution in [2.45, 2.75) is 12.5 Å². The standard InChI is InChI=1S/C20H21N3O3/c1-25-13-5-6-17-16(10-13)15-7-8-22-19(20(15)23-17)12-3-2-4-14(9-12)26-11-18(21)24/h2-6,9-10,19,22-23H,7-8,11H2,1H3,(H2,21,24)/t19-/m1/s1. The van der Waals surface area contributed by atoms with E-state index in [-0.39, 0.29) is 12.6 Å². The molecule has 0 radical (unpaired) electrons. The lowest BCUT2D eigenvalue weighted by atomic mass is 9.94. The smallest absolute Gasteiger partial charge is 0.255 e. The number of fused-ring (bicyclic) bond motifs is 3. The summed E-state index contributed by atoms with van der Waals surface area (Å²) in [4.78, 5) is 14.5. The first-order chi connectivity index (χ1) is 12.7. The average Bonchev–Trinajstić information content (AvgIpc) is 3.04. The number of hydrogen-bond donors (Lipinski definition) is 3. The zero-order chi connectivity index (χ0) is 18.1. The fraction of sp³-hybridized carbons (Fsp3) is 0.250. The SMILES string of the molecule is COc1ccc2[nH]c3c(c2c1)CCN[C@@H]3c1cccc(OCC(N)=O)c1. The number of methoxy groups -OCH3 is 1. The molecule has 0 bridgehead atoms. The van der Waals surface area contributed by atoms with Gasteiger partial charge in [0.15, 0.2) is 6.61 Å². The zero-order valence-electron chi connectivity index (χ0n) is 14.5. The number of nitrogens with one attached hydrogen (secondary N) is 2. The number of ether oxygens (including phenoxy) is 2. The number of hydrogen-bond acceptors (Lipinski definition) is 4. The topological polar surface area (TPSA) is 89.4 Å². The minimum atomic E-state index is -0.488. The zero-order valence-corrected chi connectivity index (χ0v) is 14.5. The molecule has 0 saturated carbocycles. The van der Waals surface area contributed by atoms with Crippen LogP contribution in [0.1, 0.15) is 22.9 Å². The van der Waals surface area contributed by atoms with Crippen LogP contribution in [-0.2, 0) is 11.2 Å². The summed E-state index contributed by atoms with van der Waals surface area (Å²) in [5, 5.41) is 4.76. The van der Waals surface area contributed by atoms with Crippen molar-refractivity contribution in [3.63, 3.8) is 0 Å². The highest BCUT2D eigenvalue weighted by Gasteiger charge is 2.25. The van der Waals surface area contributed by atoms with Gasteiger partial charge in [-0.1, -0.05) is 12.1 Å². The summed E-state index contributed by atoms with van der Waals surface area (Å²) in [5.41, 5.74) is 9.81. The van der Waals surface area contributed by atoms with Crippen molar-refractivity contribution in [3.05, 3.63) is 59.3 Å². The lowest BCUT2D eigenvalue weighted by Gasteiger charge is -2.25. The minimum absolute atomic E-state index is 0.0364. The molecular formula is C20H21N3O3. The van der Waals surface area contributed by atoms with Crippen molar-refractivity contribution in [2.24, 2.45) is 5.73 Å². The van der Waals surface area contributed by atoms with Crippen molar-refractivity contribution in [3.8, 4) is 11.5 Å². The van der Waals surface area contributed by atoms with Crippen LogP contribution in [0, 0.1) is 0 Å². The van der Waals surface area contributed by atoms with Crippen LogP contribution in [0.4, 0.5) is 0 Å². The van der Waals surface area contributed by atoms with Crippen molar-refractivity contribution in [1.29, 1.82) is 0 Å². The first-order valence-corrected chi connectivity index (χ1v) is 8.58. The van der Waals surface area contributed by atoms with E-state index in [1.807, 2.05) is 24.3 Å². The van der Waals surface area contributed by atoms with Crippen LogP contribution < -0.4 is 20.5 Å². The third-order valence-corrected chi connectivity index (χ3v) is 4.73. The maximum Gasteiger partial charge on any atom is 0.255 e. The lowest BCUT2D eigenvalue weighted by molar-refractivity contribution is -0.119. The molecule has 4 N–H and O–H groups in total. The molecule has 134 valence electrons. The Labute approximate surface area is 151 Å². The second-order valence-electron chi connectivity index (χ2n) is 6.39. The third kappa shape index (κ3) is 2.99. The summed E-state index contributed by atoms with van der Waals surface area (Å²) in [6.45, 7) is 0.757. The molecule has 1 atom stereocenters. The van der Waals surface area contributed by atoms with Gasteiger partial charge in [0.2, 0.25) is 0 Å². The van der Waals surface area contributed by atoms with Gasteiger partial charge in [-0.2, -0.15) is 0 Å². The number of benzene rings is 2. The Balaban J connectivity index is 1.72. The Morgan fingerprint density at radius 1 is 1.23 bits per heavy atom. The van der Waals surface area contributed by atoms with E-state index in [9.17, 15) is 4.79 Å². The van der Waals surface area contributed by atoms with E-state index in [2.05, 4.69) is 28.5 Å². The van der Waals surface area contributed by atoms with Crippen LogP contribution in [0.25, 0.3) is 10.9 Å². The van der Waals surface area contributed by atoms with Crippen molar-refractivity contribution < 1.29 is 14.3 Å². The van der Waals surface area contributed by atoms with Gasteiger partial charge in [0.1, 0.15) is 11.5 Å². The summed E-state index contributed by atoms with van der Waals surface area (Å²) in [6, 6.07) is 13.9. The third-order valence-electron chi connectivity index (χ3n) is 4.73. The van der Waals surface area contributed by atoms with E-state index < -0.39 is 5.91 Å². The number of aromatic amines is 1. The van der Waals surface area contributed by atoms with Crippen LogP contribution in [0.3, 0.4) is 0 Å². The highest BCUT2D eigenvalue weighted by Crippen LogP contribution is 2.35. The summed E-state index contributed by atoms with van der Waals surface area (Å²) in [6.07, 6.45) is 0.955. The van der Waals surface area contributed by atoms with E-state index in [0.29, 0.717) is 5.75 Å². The van der Waals surface area contributed by atoms with Crippen LogP contribution in [0.5, 0.6) is 11.5 Å². The molecule has 1 aromatic heterocycles. The number of primary amides is 1. The second-order valence-corrected chi connectivity index (χ2v) is 6.39. The molecule has 3 aromatic rings. The molecule has 1 amide bonds. The number of amides is 1. The number of carbonyl (C=O) groups is 1. The summed E-state index contributed by atoms with van der Waals surface area (Å²) in [5.74, 6) is 1.00. The Morgan fingerprint density at radius 2 is 2.12 bits per heavy atom. The van der Waals surface area contributed by atoms with Gasteiger partial charge in [-0.05, 0) is 47.9 Å². The van der Waals surface area contributed by atoms with Crippen LogP contribution in [-0.4, -0.2) is 31.2 Å². The maximum atomic E-state index is 10.9. The molecule has 26 heavy (non-hydrogen) atoms. The number of carbonyl (C=O) groups excluding carboxylic acids is 1. The van der Waals surface area contributed by atoms with Crippen molar-refractivity contribution in [1.82, 2.24) is 10.3 Å². The molecule has 0 spiro atoms. The van der Waals surface area contributed by atoms with E-state index in [1.54, 1.807) is 7.11 Å². The first kappa shape index (κ1) is 16.5. The maximum absolute atomic E-state index is 10.9. The van der Waals surface area contributed by atoms with Gasteiger partial charge in [0.05, 0.1) is 13.2 Å².